The van der Waals surface area contributed by atoms with Gasteiger partial charge in [-0.3, -0.25) is 9.59 Å². The minimum atomic E-state index is -0.436. The van der Waals surface area contributed by atoms with Crippen LogP contribution in [0.25, 0.3) is 0 Å². The Balaban J connectivity index is 2.33. The lowest BCUT2D eigenvalue weighted by molar-refractivity contribution is -0.154. The summed E-state index contributed by atoms with van der Waals surface area (Å²) >= 11 is 5.04. The summed E-state index contributed by atoms with van der Waals surface area (Å²) in [6.45, 7) is 8.39. The maximum Gasteiger partial charge on any atom is 0.246 e. The van der Waals surface area contributed by atoms with E-state index in [1.807, 2.05) is 39.8 Å². The van der Waals surface area contributed by atoms with Gasteiger partial charge in [-0.15, -0.1) is 11.3 Å². The van der Waals surface area contributed by atoms with Crippen LogP contribution in [0.5, 0.6) is 0 Å². The number of piperazine rings is 1. The fourth-order valence-electron chi connectivity index (χ4n) is 2.69. The van der Waals surface area contributed by atoms with Crippen LogP contribution in [0.2, 0.25) is 0 Å². The topological polar surface area (TPSA) is 49.4 Å². The monoisotopic (exact) mass is 372 g/mol. The number of carbonyl (C=O) groups is 2. The average molecular weight is 373 g/mol. The molecule has 116 valence electrons. The first-order chi connectivity index (χ1) is 9.74. The molecule has 0 aliphatic carbocycles. The maximum atomic E-state index is 12.7. The molecule has 1 aliphatic heterocycles. The molecule has 1 aliphatic rings. The van der Waals surface area contributed by atoms with Gasteiger partial charge in [-0.2, -0.15) is 0 Å². The predicted molar refractivity (Wildman–Crippen MR) is 88.0 cm³/mol. The van der Waals surface area contributed by atoms with Crippen molar-refractivity contribution in [3.63, 3.8) is 0 Å². The van der Waals surface area contributed by atoms with E-state index in [1.165, 1.54) is 0 Å². The molecular weight excluding hydrogens is 352 g/mol. The fraction of sp³-hybridized carbons (Fsp3) is 0.600. The van der Waals surface area contributed by atoms with E-state index in [0.29, 0.717) is 13.0 Å². The van der Waals surface area contributed by atoms with E-state index in [1.54, 1.807) is 16.2 Å². The van der Waals surface area contributed by atoms with Crippen molar-refractivity contribution < 1.29 is 9.59 Å². The van der Waals surface area contributed by atoms with Crippen molar-refractivity contribution in [3.05, 3.63) is 20.8 Å². The maximum absolute atomic E-state index is 12.7. The molecule has 1 N–H and O–H groups in total. The normalized spacial score (nSPS) is 23.4. The van der Waals surface area contributed by atoms with Gasteiger partial charge >= 0.3 is 0 Å². The lowest BCUT2D eigenvalue weighted by Gasteiger charge is -2.44. The number of amides is 2. The molecular formula is C15H21BrN2O2S. The summed E-state index contributed by atoms with van der Waals surface area (Å²) in [6.07, 6.45) is 0.617. The predicted octanol–water partition coefficient (Wildman–Crippen LogP) is 3.16. The van der Waals surface area contributed by atoms with E-state index < -0.39 is 12.1 Å². The summed E-state index contributed by atoms with van der Waals surface area (Å²) in [4.78, 5) is 27.9. The van der Waals surface area contributed by atoms with Crippen molar-refractivity contribution in [3.8, 4) is 0 Å². The van der Waals surface area contributed by atoms with Gasteiger partial charge in [-0.1, -0.05) is 27.7 Å². The number of hydrogen-bond donors (Lipinski definition) is 1. The Morgan fingerprint density at radius 3 is 2.48 bits per heavy atom. The summed E-state index contributed by atoms with van der Waals surface area (Å²) in [7, 11) is 0. The van der Waals surface area contributed by atoms with Crippen LogP contribution in [-0.2, 0) is 16.1 Å². The molecule has 0 saturated carbocycles. The number of rotatable bonds is 3. The summed E-state index contributed by atoms with van der Waals surface area (Å²) < 4.78 is 1.03. The molecule has 0 spiro atoms. The molecule has 21 heavy (non-hydrogen) atoms. The van der Waals surface area contributed by atoms with Gasteiger partial charge in [0.2, 0.25) is 11.8 Å². The Bertz CT molecular complexity index is 550. The molecule has 2 unspecified atom stereocenters. The van der Waals surface area contributed by atoms with Crippen molar-refractivity contribution in [1.82, 2.24) is 10.2 Å². The Hall–Kier alpha value is -0.880. The van der Waals surface area contributed by atoms with E-state index in [-0.39, 0.29) is 17.2 Å². The van der Waals surface area contributed by atoms with Crippen molar-refractivity contribution >= 4 is 39.1 Å². The Morgan fingerprint density at radius 2 is 2.00 bits per heavy atom. The zero-order valence-corrected chi connectivity index (χ0v) is 15.2. The molecule has 2 amide bonds. The van der Waals surface area contributed by atoms with Crippen LogP contribution >= 0.6 is 27.3 Å². The number of carbonyl (C=O) groups excluding carboxylic acids is 2. The minimum absolute atomic E-state index is 0.0153. The van der Waals surface area contributed by atoms with Crippen LogP contribution in [0.4, 0.5) is 0 Å². The summed E-state index contributed by atoms with van der Waals surface area (Å²) in [5.74, 6) is -0.0360. The Morgan fingerprint density at radius 1 is 1.33 bits per heavy atom. The largest absolute Gasteiger partial charge is 0.342 e. The molecule has 6 heteroatoms. The second kappa shape index (κ2) is 6.08. The molecule has 1 fully saturated rings. The van der Waals surface area contributed by atoms with Gasteiger partial charge in [0.15, 0.2) is 0 Å². The third kappa shape index (κ3) is 3.48. The first kappa shape index (κ1) is 16.5. The third-order valence-corrected chi connectivity index (χ3v) is 5.25. The molecule has 0 aromatic carbocycles. The van der Waals surface area contributed by atoms with E-state index in [0.717, 1.165) is 8.66 Å². The first-order valence-electron chi connectivity index (χ1n) is 7.09. The Labute approximate surface area is 138 Å². The van der Waals surface area contributed by atoms with Crippen molar-refractivity contribution in [2.45, 2.75) is 52.7 Å². The summed E-state index contributed by atoms with van der Waals surface area (Å²) in [5.41, 5.74) is -0.299. The number of hydrogen-bond acceptors (Lipinski definition) is 3. The highest BCUT2D eigenvalue weighted by atomic mass is 79.9. The molecule has 2 heterocycles. The van der Waals surface area contributed by atoms with Crippen LogP contribution in [-0.4, -0.2) is 28.8 Å². The average Bonchev–Trinajstić information content (AvgIpc) is 2.77. The summed E-state index contributed by atoms with van der Waals surface area (Å²) in [6, 6.07) is 3.13. The second-order valence-corrected chi connectivity index (χ2v) is 8.96. The van der Waals surface area contributed by atoms with Crippen LogP contribution in [0.3, 0.4) is 0 Å². The zero-order chi connectivity index (χ0) is 15.8. The van der Waals surface area contributed by atoms with Crippen LogP contribution in [0, 0.1) is 5.41 Å². The quantitative estimate of drug-likeness (QED) is 0.885. The zero-order valence-electron chi connectivity index (χ0n) is 12.8. The van der Waals surface area contributed by atoms with Crippen molar-refractivity contribution in [1.29, 1.82) is 0 Å². The van der Waals surface area contributed by atoms with E-state index in [9.17, 15) is 9.59 Å². The van der Waals surface area contributed by atoms with Gasteiger partial charge in [0, 0.05) is 4.88 Å². The minimum Gasteiger partial charge on any atom is -0.342 e. The van der Waals surface area contributed by atoms with Gasteiger partial charge in [-0.05, 0) is 39.9 Å². The molecule has 0 bridgehead atoms. The van der Waals surface area contributed by atoms with E-state index in [2.05, 4.69) is 21.2 Å². The van der Waals surface area contributed by atoms with Crippen molar-refractivity contribution in [2.24, 2.45) is 5.41 Å². The fourth-order valence-corrected chi connectivity index (χ4v) is 4.17. The third-order valence-electron chi connectivity index (χ3n) is 3.64. The van der Waals surface area contributed by atoms with Gasteiger partial charge in [-0.25, -0.2) is 0 Å². The van der Waals surface area contributed by atoms with Gasteiger partial charge < -0.3 is 10.2 Å². The lowest BCUT2D eigenvalue weighted by Crippen LogP contribution is -2.66. The van der Waals surface area contributed by atoms with Gasteiger partial charge in [0.05, 0.1) is 10.3 Å². The molecule has 1 aromatic heterocycles. The van der Waals surface area contributed by atoms with Gasteiger partial charge in [0.1, 0.15) is 12.1 Å². The smallest absolute Gasteiger partial charge is 0.246 e. The highest BCUT2D eigenvalue weighted by Gasteiger charge is 2.45. The molecule has 0 radical (unpaired) electrons. The molecule has 4 nitrogen and oxygen atoms in total. The SMILES string of the molecule is CCC1NC(=O)C(C(C)(C)C)N(Cc2ccc(Br)s2)C1=O. The molecule has 2 atom stereocenters. The van der Waals surface area contributed by atoms with Crippen LogP contribution < -0.4 is 5.32 Å². The number of thiophene rings is 1. The Kier molecular flexibility index (Phi) is 4.78. The van der Waals surface area contributed by atoms with Crippen LogP contribution in [0.1, 0.15) is 39.0 Å². The molecule has 2 rings (SSSR count). The number of halogens is 1. The van der Waals surface area contributed by atoms with E-state index >= 15 is 0 Å². The van der Waals surface area contributed by atoms with Gasteiger partial charge in [0.25, 0.3) is 0 Å². The highest BCUT2D eigenvalue weighted by Crippen LogP contribution is 2.31. The number of nitrogens with one attached hydrogen (secondary N) is 1. The standard InChI is InChI=1S/C15H21BrN2O2S/c1-5-10-14(20)18(8-9-6-7-11(16)21-9)12(13(19)17-10)15(2,3)4/h6-7,10,12H,5,8H2,1-4H3,(H,17,19). The van der Waals surface area contributed by atoms with Crippen molar-refractivity contribution in [2.75, 3.05) is 0 Å². The van der Waals surface area contributed by atoms with Crippen LogP contribution in [0.15, 0.2) is 15.9 Å². The number of nitrogens with zero attached hydrogens (tertiary/aromatic N) is 1. The molecule has 1 aromatic rings. The molecule has 1 saturated heterocycles. The summed E-state index contributed by atoms with van der Waals surface area (Å²) in [5, 5.41) is 2.86. The van der Waals surface area contributed by atoms with E-state index in [4.69, 9.17) is 0 Å². The highest BCUT2D eigenvalue weighted by molar-refractivity contribution is 9.11. The lowest BCUT2D eigenvalue weighted by atomic mass is 9.83. The first-order valence-corrected chi connectivity index (χ1v) is 8.70. The second-order valence-electron chi connectivity index (χ2n) is 6.41.